The molecular formula is C12H15ClN4O. The first kappa shape index (κ1) is 12.9. The molecule has 0 unspecified atom stereocenters. The fraction of sp³-hybridized carbons (Fsp3) is 0.583. The number of anilines is 1. The number of hydrogen-bond donors (Lipinski definition) is 0. The van der Waals surface area contributed by atoms with Crippen molar-refractivity contribution in [3.05, 3.63) is 5.28 Å². The smallest absolute Gasteiger partial charge is 0.322 e. The van der Waals surface area contributed by atoms with E-state index in [4.69, 9.17) is 22.8 Å². The lowest BCUT2D eigenvalue weighted by atomic mass is 10.1. The van der Waals surface area contributed by atoms with Crippen LogP contribution in [0, 0.1) is 12.3 Å². The molecule has 0 radical (unpaired) electrons. The van der Waals surface area contributed by atoms with Gasteiger partial charge in [-0.25, -0.2) is 0 Å². The Morgan fingerprint density at radius 2 is 2.00 bits per heavy atom. The Bertz CT molecular complexity index is 440. The molecule has 96 valence electrons. The van der Waals surface area contributed by atoms with Crippen LogP contribution in [0.25, 0.3) is 0 Å². The summed E-state index contributed by atoms with van der Waals surface area (Å²) in [6.07, 6.45) is 9.22. The number of piperidine rings is 1. The van der Waals surface area contributed by atoms with Crippen molar-refractivity contribution >= 4 is 17.5 Å². The molecule has 5 nitrogen and oxygen atoms in total. The van der Waals surface area contributed by atoms with Crippen molar-refractivity contribution in [2.24, 2.45) is 0 Å². The van der Waals surface area contributed by atoms with Crippen molar-refractivity contribution in [3.63, 3.8) is 0 Å². The van der Waals surface area contributed by atoms with Crippen molar-refractivity contribution in [3.8, 4) is 18.4 Å². The normalized spacial score (nSPS) is 15.2. The Morgan fingerprint density at radius 3 is 2.72 bits per heavy atom. The molecule has 0 saturated carbocycles. The molecule has 0 spiro atoms. The monoisotopic (exact) mass is 266 g/mol. The lowest BCUT2D eigenvalue weighted by molar-refractivity contribution is 0.299. The zero-order chi connectivity index (χ0) is 12.8. The lowest BCUT2D eigenvalue weighted by Gasteiger charge is -2.26. The second kappa shape index (κ2) is 6.41. The zero-order valence-corrected chi connectivity index (χ0v) is 10.9. The van der Waals surface area contributed by atoms with Gasteiger partial charge in [-0.1, -0.05) is 0 Å². The third kappa shape index (κ3) is 3.47. The maximum atomic E-state index is 5.87. The van der Waals surface area contributed by atoms with Gasteiger partial charge in [0.05, 0.1) is 0 Å². The molecule has 1 aromatic rings. The minimum atomic E-state index is 0.154. The van der Waals surface area contributed by atoms with Crippen molar-refractivity contribution < 1.29 is 4.74 Å². The van der Waals surface area contributed by atoms with Crippen LogP contribution in [0.3, 0.4) is 0 Å². The third-order valence-electron chi connectivity index (χ3n) is 2.69. The molecule has 0 amide bonds. The Morgan fingerprint density at radius 1 is 1.22 bits per heavy atom. The number of aromatic nitrogens is 3. The number of hydrogen-bond acceptors (Lipinski definition) is 5. The van der Waals surface area contributed by atoms with Crippen LogP contribution in [0.4, 0.5) is 5.95 Å². The highest BCUT2D eigenvalue weighted by molar-refractivity contribution is 6.28. The standard InChI is InChI=1S/C12H15ClN4O/c1-2-3-9-18-12-15-10(13)14-11(16-12)17-7-5-4-6-8-17/h1H,3-9H2. The van der Waals surface area contributed by atoms with Gasteiger partial charge in [0.15, 0.2) is 0 Å². The summed E-state index contributed by atoms with van der Waals surface area (Å²) in [5.41, 5.74) is 0. The largest absolute Gasteiger partial charge is 0.462 e. The van der Waals surface area contributed by atoms with E-state index in [2.05, 4.69) is 25.8 Å². The molecule has 2 heterocycles. The van der Waals surface area contributed by atoms with Gasteiger partial charge in [0, 0.05) is 19.5 Å². The number of halogens is 1. The van der Waals surface area contributed by atoms with Crippen LogP contribution in [0.1, 0.15) is 25.7 Å². The number of rotatable bonds is 4. The molecule has 0 bridgehead atoms. The van der Waals surface area contributed by atoms with Crippen LogP contribution in [0.15, 0.2) is 0 Å². The fourth-order valence-corrected chi connectivity index (χ4v) is 1.97. The van der Waals surface area contributed by atoms with E-state index in [1.807, 2.05) is 0 Å². The SMILES string of the molecule is C#CCCOc1nc(Cl)nc(N2CCCCC2)n1. The van der Waals surface area contributed by atoms with Gasteiger partial charge < -0.3 is 9.64 Å². The Hall–Kier alpha value is -1.54. The summed E-state index contributed by atoms with van der Waals surface area (Å²) in [7, 11) is 0. The summed E-state index contributed by atoms with van der Waals surface area (Å²) in [4.78, 5) is 14.4. The summed E-state index contributed by atoms with van der Waals surface area (Å²) in [6.45, 7) is 2.28. The summed E-state index contributed by atoms with van der Waals surface area (Å²) >= 11 is 5.87. The molecule has 18 heavy (non-hydrogen) atoms. The lowest BCUT2D eigenvalue weighted by Crippen LogP contribution is -2.31. The van der Waals surface area contributed by atoms with Crippen LogP contribution < -0.4 is 9.64 Å². The molecule has 0 aliphatic carbocycles. The maximum Gasteiger partial charge on any atom is 0.322 e. The van der Waals surface area contributed by atoms with E-state index in [0.717, 1.165) is 25.9 Å². The minimum absolute atomic E-state index is 0.154. The Labute approximate surface area is 112 Å². The highest BCUT2D eigenvalue weighted by Crippen LogP contribution is 2.19. The molecular weight excluding hydrogens is 252 g/mol. The van der Waals surface area contributed by atoms with Gasteiger partial charge in [-0.2, -0.15) is 15.0 Å². The number of terminal acetylenes is 1. The van der Waals surface area contributed by atoms with Gasteiger partial charge in [-0.15, -0.1) is 12.3 Å². The van der Waals surface area contributed by atoms with Gasteiger partial charge in [-0.05, 0) is 30.9 Å². The van der Waals surface area contributed by atoms with Crippen molar-refractivity contribution in [2.75, 3.05) is 24.6 Å². The van der Waals surface area contributed by atoms with Gasteiger partial charge in [0.2, 0.25) is 11.2 Å². The van der Waals surface area contributed by atoms with E-state index >= 15 is 0 Å². The van der Waals surface area contributed by atoms with Crippen molar-refractivity contribution in [1.29, 1.82) is 0 Å². The average molecular weight is 267 g/mol. The van der Waals surface area contributed by atoms with E-state index in [1.165, 1.54) is 6.42 Å². The maximum absolute atomic E-state index is 5.87. The van der Waals surface area contributed by atoms with Crippen LogP contribution in [-0.4, -0.2) is 34.6 Å². The Balaban J connectivity index is 2.07. The average Bonchev–Trinajstić information content (AvgIpc) is 2.39. The van der Waals surface area contributed by atoms with Crippen LogP contribution >= 0.6 is 11.6 Å². The topological polar surface area (TPSA) is 51.1 Å². The van der Waals surface area contributed by atoms with Crippen LogP contribution in [-0.2, 0) is 0 Å². The summed E-state index contributed by atoms with van der Waals surface area (Å²) in [6, 6.07) is 0.242. The number of nitrogens with zero attached hydrogens (tertiary/aromatic N) is 4. The summed E-state index contributed by atoms with van der Waals surface area (Å²) in [5.74, 6) is 3.08. The molecule has 0 N–H and O–H groups in total. The first-order valence-corrected chi connectivity index (χ1v) is 6.40. The van der Waals surface area contributed by atoms with E-state index in [-0.39, 0.29) is 11.3 Å². The highest BCUT2D eigenvalue weighted by atomic mass is 35.5. The minimum Gasteiger partial charge on any atom is -0.462 e. The van der Waals surface area contributed by atoms with Crippen molar-refractivity contribution in [2.45, 2.75) is 25.7 Å². The van der Waals surface area contributed by atoms with Gasteiger partial charge >= 0.3 is 6.01 Å². The second-order valence-electron chi connectivity index (χ2n) is 4.04. The van der Waals surface area contributed by atoms with Crippen LogP contribution in [0.2, 0.25) is 5.28 Å². The van der Waals surface area contributed by atoms with Gasteiger partial charge in [-0.3, -0.25) is 0 Å². The number of ether oxygens (including phenoxy) is 1. The first-order chi connectivity index (χ1) is 8.79. The van der Waals surface area contributed by atoms with Gasteiger partial charge in [0.1, 0.15) is 6.61 Å². The molecule has 1 fully saturated rings. The van der Waals surface area contributed by atoms with E-state index < -0.39 is 0 Å². The molecule has 2 rings (SSSR count). The van der Waals surface area contributed by atoms with E-state index in [1.54, 1.807) is 0 Å². The van der Waals surface area contributed by atoms with E-state index in [0.29, 0.717) is 19.0 Å². The first-order valence-electron chi connectivity index (χ1n) is 6.02. The predicted molar refractivity (Wildman–Crippen MR) is 69.8 cm³/mol. The summed E-state index contributed by atoms with van der Waals surface area (Å²) in [5, 5.41) is 0.154. The molecule has 1 aliphatic rings. The Kier molecular flexibility index (Phi) is 4.59. The van der Waals surface area contributed by atoms with Gasteiger partial charge in [0.25, 0.3) is 0 Å². The summed E-state index contributed by atoms with van der Waals surface area (Å²) < 4.78 is 5.34. The van der Waals surface area contributed by atoms with E-state index in [9.17, 15) is 0 Å². The zero-order valence-electron chi connectivity index (χ0n) is 10.1. The highest BCUT2D eigenvalue weighted by Gasteiger charge is 2.16. The molecule has 6 heteroatoms. The second-order valence-corrected chi connectivity index (χ2v) is 4.38. The van der Waals surface area contributed by atoms with Crippen LogP contribution in [0.5, 0.6) is 6.01 Å². The van der Waals surface area contributed by atoms with Crippen molar-refractivity contribution in [1.82, 2.24) is 15.0 Å². The third-order valence-corrected chi connectivity index (χ3v) is 2.86. The molecule has 0 aromatic carbocycles. The fourth-order valence-electron chi connectivity index (χ4n) is 1.82. The molecule has 0 atom stereocenters. The molecule has 1 aromatic heterocycles. The quantitative estimate of drug-likeness (QED) is 0.616. The molecule has 1 aliphatic heterocycles. The predicted octanol–water partition coefficient (Wildman–Crippen LogP) is 1.92. The molecule has 1 saturated heterocycles.